The molecule has 0 spiro atoms. The summed E-state index contributed by atoms with van der Waals surface area (Å²) in [5, 5.41) is 12.6. The summed E-state index contributed by atoms with van der Waals surface area (Å²) < 4.78 is 18.5. The van der Waals surface area contributed by atoms with Gasteiger partial charge in [0.2, 0.25) is 5.82 Å². The van der Waals surface area contributed by atoms with E-state index in [0.717, 1.165) is 31.4 Å². The van der Waals surface area contributed by atoms with E-state index in [-0.39, 0.29) is 11.5 Å². The fourth-order valence-electron chi connectivity index (χ4n) is 2.16. The molecular formula is C12H16FNO2. The fourth-order valence-corrected chi connectivity index (χ4v) is 2.16. The third kappa shape index (κ3) is 2.11. The maximum Gasteiger partial charge on any atom is 0.206 e. The number of aromatic hydroxyl groups is 1. The quantitative estimate of drug-likeness (QED) is 0.824. The van der Waals surface area contributed by atoms with Crippen molar-refractivity contribution in [3.8, 4) is 11.5 Å². The van der Waals surface area contributed by atoms with Crippen molar-refractivity contribution in [2.75, 3.05) is 13.7 Å². The van der Waals surface area contributed by atoms with E-state index in [1.807, 2.05) is 0 Å². The average molecular weight is 225 g/mol. The van der Waals surface area contributed by atoms with Crippen molar-refractivity contribution in [1.82, 2.24) is 5.32 Å². The van der Waals surface area contributed by atoms with Crippen LogP contribution in [-0.2, 0) is 6.42 Å². The van der Waals surface area contributed by atoms with Crippen molar-refractivity contribution in [2.45, 2.75) is 25.3 Å². The van der Waals surface area contributed by atoms with Gasteiger partial charge < -0.3 is 15.2 Å². The molecule has 16 heavy (non-hydrogen) atoms. The Morgan fingerprint density at radius 1 is 1.56 bits per heavy atom. The summed E-state index contributed by atoms with van der Waals surface area (Å²) in [5.74, 6) is -0.869. The van der Waals surface area contributed by atoms with Gasteiger partial charge in [-0.25, -0.2) is 0 Å². The molecule has 4 heteroatoms. The second kappa shape index (κ2) is 4.70. The standard InChI is InChI=1S/C12H16FNO2/c1-16-12-8(4-5-10(15)11(12)13)7-9-3-2-6-14-9/h4-5,9,14-15H,2-3,6-7H2,1H3. The van der Waals surface area contributed by atoms with Crippen molar-refractivity contribution < 1.29 is 14.2 Å². The SMILES string of the molecule is COc1c(CC2CCCN2)ccc(O)c1F. The normalized spacial score (nSPS) is 20.0. The first-order chi connectivity index (χ1) is 7.72. The van der Waals surface area contributed by atoms with Crippen molar-refractivity contribution in [3.05, 3.63) is 23.5 Å². The number of phenolic OH excluding ortho intramolecular Hbond substituents is 1. The summed E-state index contributed by atoms with van der Waals surface area (Å²) in [7, 11) is 1.42. The smallest absolute Gasteiger partial charge is 0.206 e. The van der Waals surface area contributed by atoms with Gasteiger partial charge in [0, 0.05) is 6.04 Å². The van der Waals surface area contributed by atoms with Gasteiger partial charge in [-0.3, -0.25) is 0 Å². The Morgan fingerprint density at radius 3 is 3.00 bits per heavy atom. The van der Waals surface area contributed by atoms with Crippen molar-refractivity contribution >= 4 is 0 Å². The van der Waals surface area contributed by atoms with Gasteiger partial charge >= 0.3 is 0 Å². The van der Waals surface area contributed by atoms with Crippen LogP contribution in [0.15, 0.2) is 12.1 Å². The highest BCUT2D eigenvalue weighted by atomic mass is 19.1. The molecule has 1 saturated heterocycles. The number of hydrogen-bond acceptors (Lipinski definition) is 3. The highest BCUT2D eigenvalue weighted by Crippen LogP contribution is 2.31. The second-order valence-corrected chi connectivity index (χ2v) is 4.09. The van der Waals surface area contributed by atoms with Crippen LogP contribution in [0.3, 0.4) is 0 Å². The lowest BCUT2D eigenvalue weighted by Gasteiger charge is -2.14. The summed E-state index contributed by atoms with van der Waals surface area (Å²) >= 11 is 0. The van der Waals surface area contributed by atoms with Crippen LogP contribution in [0.4, 0.5) is 4.39 Å². The lowest BCUT2D eigenvalue weighted by Crippen LogP contribution is -2.23. The van der Waals surface area contributed by atoms with Gasteiger partial charge in [-0.1, -0.05) is 6.07 Å². The van der Waals surface area contributed by atoms with Gasteiger partial charge in [-0.2, -0.15) is 4.39 Å². The highest BCUT2D eigenvalue weighted by Gasteiger charge is 2.19. The molecule has 1 atom stereocenters. The highest BCUT2D eigenvalue weighted by molar-refractivity contribution is 5.42. The van der Waals surface area contributed by atoms with E-state index in [4.69, 9.17) is 4.74 Å². The molecule has 1 fully saturated rings. The van der Waals surface area contributed by atoms with E-state index < -0.39 is 5.82 Å². The molecule has 1 aliphatic heterocycles. The van der Waals surface area contributed by atoms with Crippen LogP contribution in [0.2, 0.25) is 0 Å². The zero-order valence-electron chi connectivity index (χ0n) is 9.29. The lowest BCUT2D eigenvalue weighted by molar-refractivity contribution is 0.358. The largest absolute Gasteiger partial charge is 0.505 e. The predicted octanol–water partition coefficient (Wildman–Crippen LogP) is 1.83. The van der Waals surface area contributed by atoms with Crippen LogP contribution in [-0.4, -0.2) is 24.8 Å². The Bertz CT molecular complexity index is 376. The van der Waals surface area contributed by atoms with Gasteiger partial charge in [-0.15, -0.1) is 0 Å². The third-order valence-electron chi connectivity index (χ3n) is 2.99. The number of halogens is 1. The molecule has 0 bridgehead atoms. The third-order valence-corrected chi connectivity index (χ3v) is 2.99. The summed E-state index contributed by atoms with van der Waals surface area (Å²) in [6.45, 7) is 1.02. The monoisotopic (exact) mass is 225 g/mol. The molecule has 1 aromatic carbocycles. The minimum Gasteiger partial charge on any atom is -0.505 e. The number of methoxy groups -OCH3 is 1. The zero-order chi connectivity index (χ0) is 11.5. The topological polar surface area (TPSA) is 41.5 Å². The van der Waals surface area contributed by atoms with Crippen LogP contribution in [0.25, 0.3) is 0 Å². The van der Waals surface area contributed by atoms with Gasteiger partial charge in [0.25, 0.3) is 0 Å². The molecular weight excluding hydrogens is 209 g/mol. The molecule has 0 saturated carbocycles. The van der Waals surface area contributed by atoms with Crippen molar-refractivity contribution in [3.63, 3.8) is 0 Å². The van der Waals surface area contributed by atoms with E-state index in [0.29, 0.717) is 6.04 Å². The fraction of sp³-hybridized carbons (Fsp3) is 0.500. The van der Waals surface area contributed by atoms with Crippen LogP contribution >= 0.6 is 0 Å². The molecule has 1 heterocycles. The number of hydrogen-bond donors (Lipinski definition) is 2. The van der Waals surface area contributed by atoms with E-state index in [2.05, 4.69) is 5.32 Å². The van der Waals surface area contributed by atoms with E-state index >= 15 is 0 Å². The van der Waals surface area contributed by atoms with E-state index in [1.54, 1.807) is 6.07 Å². The van der Waals surface area contributed by atoms with Gasteiger partial charge in [0.15, 0.2) is 11.5 Å². The maximum atomic E-state index is 13.5. The molecule has 1 aromatic rings. The number of nitrogens with one attached hydrogen (secondary N) is 1. The Labute approximate surface area is 94.2 Å². The van der Waals surface area contributed by atoms with Gasteiger partial charge in [0.05, 0.1) is 7.11 Å². The minimum atomic E-state index is -0.669. The first kappa shape index (κ1) is 11.2. The van der Waals surface area contributed by atoms with Crippen LogP contribution in [0.5, 0.6) is 11.5 Å². The number of phenols is 1. The van der Waals surface area contributed by atoms with Crippen LogP contribution in [0, 0.1) is 5.82 Å². The molecule has 0 aromatic heterocycles. The van der Waals surface area contributed by atoms with Gasteiger partial charge in [0.1, 0.15) is 0 Å². The van der Waals surface area contributed by atoms with Crippen molar-refractivity contribution in [2.24, 2.45) is 0 Å². The van der Waals surface area contributed by atoms with Crippen LogP contribution < -0.4 is 10.1 Å². The first-order valence-electron chi connectivity index (χ1n) is 5.50. The molecule has 0 aliphatic carbocycles. The number of rotatable bonds is 3. The van der Waals surface area contributed by atoms with Crippen LogP contribution in [0.1, 0.15) is 18.4 Å². The molecule has 88 valence electrons. The predicted molar refractivity (Wildman–Crippen MR) is 59.3 cm³/mol. The summed E-state index contributed by atoms with van der Waals surface area (Å²) in [6.07, 6.45) is 3.00. The second-order valence-electron chi connectivity index (χ2n) is 4.09. The van der Waals surface area contributed by atoms with Gasteiger partial charge in [-0.05, 0) is 37.4 Å². The summed E-state index contributed by atoms with van der Waals surface area (Å²) in [6, 6.07) is 3.48. The molecule has 2 N–H and O–H groups in total. The Hall–Kier alpha value is -1.29. The van der Waals surface area contributed by atoms with E-state index in [1.165, 1.54) is 13.2 Å². The Balaban J connectivity index is 2.22. The molecule has 0 radical (unpaired) electrons. The lowest BCUT2D eigenvalue weighted by atomic mass is 10.0. The average Bonchev–Trinajstić information content (AvgIpc) is 2.77. The first-order valence-corrected chi connectivity index (χ1v) is 5.50. The maximum absolute atomic E-state index is 13.5. The summed E-state index contributed by atoms with van der Waals surface area (Å²) in [4.78, 5) is 0. The number of benzene rings is 1. The Kier molecular flexibility index (Phi) is 3.29. The molecule has 1 aliphatic rings. The van der Waals surface area contributed by atoms with Crippen molar-refractivity contribution in [1.29, 1.82) is 0 Å². The van der Waals surface area contributed by atoms with E-state index in [9.17, 15) is 9.50 Å². The zero-order valence-corrected chi connectivity index (χ0v) is 9.29. The Morgan fingerprint density at radius 2 is 2.38 bits per heavy atom. The molecule has 0 amide bonds. The number of ether oxygens (including phenoxy) is 1. The summed E-state index contributed by atoms with van der Waals surface area (Å²) in [5.41, 5.74) is 0.803. The molecule has 1 unspecified atom stereocenters. The minimum absolute atomic E-state index is 0.161. The molecule has 3 nitrogen and oxygen atoms in total. The molecule has 2 rings (SSSR count).